The van der Waals surface area contributed by atoms with Gasteiger partial charge in [-0.3, -0.25) is 9.97 Å². The molecule has 3 aromatic heterocycles. The fourth-order valence-corrected chi connectivity index (χ4v) is 3.34. The molecule has 4 heterocycles. The number of aromatic nitrogens is 5. The molecule has 1 saturated heterocycles. The fraction of sp³-hybridized carbons (Fsp3) is 0.421. The molecule has 0 bridgehead atoms. The summed E-state index contributed by atoms with van der Waals surface area (Å²) in [4.78, 5) is 20.6. The standard InChI is InChI=1S/C19H22N6O/c1-4-14-13(3)24-26-18(14)15-10-22-19(25-7-5-6-8-25)23-17(15)16-11-20-12(2)9-21-16/h9-11H,4-8H2,1-3H3. The van der Waals surface area contributed by atoms with Gasteiger partial charge in [-0.05, 0) is 33.1 Å². The summed E-state index contributed by atoms with van der Waals surface area (Å²) in [5.74, 6) is 1.45. The monoisotopic (exact) mass is 350 g/mol. The molecule has 0 aliphatic carbocycles. The van der Waals surface area contributed by atoms with E-state index in [1.807, 2.05) is 20.0 Å². The first-order chi connectivity index (χ1) is 12.7. The molecular weight excluding hydrogens is 328 g/mol. The average Bonchev–Trinajstić information content (AvgIpc) is 3.31. The summed E-state index contributed by atoms with van der Waals surface area (Å²) in [5, 5.41) is 4.14. The number of hydrogen-bond acceptors (Lipinski definition) is 7. The number of rotatable bonds is 4. The van der Waals surface area contributed by atoms with Crippen molar-refractivity contribution in [3.05, 3.63) is 35.5 Å². The van der Waals surface area contributed by atoms with E-state index in [0.29, 0.717) is 5.69 Å². The molecule has 0 amide bonds. The second kappa shape index (κ2) is 6.82. The van der Waals surface area contributed by atoms with E-state index in [2.05, 4.69) is 31.9 Å². The van der Waals surface area contributed by atoms with Gasteiger partial charge in [0.2, 0.25) is 5.95 Å². The summed E-state index contributed by atoms with van der Waals surface area (Å²) in [6.07, 6.45) is 8.51. The highest BCUT2D eigenvalue weighted by molar-refractivity contribution is 5.78. The number of aryl methyl sites for hydroxylation is 2. The maximum absolute atomic E-state index is 5.63. The van der Waals surface area contributed by atoms with Crippen molar-refractivity contribution in [3.63, 3.8) is 0 Å². The van der Waals surface area contributed by atoms with E-state index < -0.39 is 0 Å². The summed E-state index contributed by atoms with van der Waals surface area (Å²) in [6, 6.07) is 0. The molecular formula is C19H22N6O. The predicted molar refractivity (Wildman–Crippen MR) is 98.9 cm³/mol. The summed E-state index contributed by atoms with van der Waals surface area (Å²) in [7, 11) is 0. The zero-order valence-corrected chi connectivity index (χ0v) is 15.4. The molecule has 134 valence electrons. The Bertz CT molecular complexity index is 912. The van der Waals surface area contributed by atoms with E-state index in [-0.39, 0.29) is 0 Å². The topological polar surface area (TPSA) is 80.8 Å². The Morgan fingerprint density at radius 1 is 1.04 bits per heavy atom. The molecule has 1 aliphatic rings. The van der Waals surface area contributed by atoms with Gasteiger partial charge in [-0.15, -0.1) is 0 Å². The summed E-state index contributed by atoms with van der Waals surface area (Å²) < 4.78 is 5.63. The molecule has 0 radical (unpaired) electrons. The van der Waals surface area contributed by atoms with Crippen LogP contribution in [0.4, 0.5) is 5.95 Å². The molecule has 4 rings (SSSR count). The number of hydrogen-bond donors (Lipinski definition) is 0. The second-order valence-corrected chi connectivity index (χ2v) is 6.60. The van der Waals surface area contributed by atoms with E-state index in [1.165, 1.54) is 12.8 Å². The molecule has 0 spiro atoms. The fourth-order valence-electron chi connectivity index (χ4n) is 3.34. The highest BCUT2D eigenvalue weighted by Crippen LogP contribution is 2.34. The quantitative estimate of drug-likeness (QED) is 0.713. The highest BCUT2D eigenvalue weighted by atomic mass is 16.5. The van der Waals surface area contributed by atoms with E-state index in [1.54, 1.807) is 12.4 Å². The maximum atomic E-state index is 5.63. The zero-order valence-electron chi connectivity index (χ0n) is 15.4. The van der Waals surface area contributed by atoms with Gasteiger partial charge in [0, 0.05) is 31.0 Å². The van der Waals surface area contributed by atoms with Crippen LogP contribution in [0.2, 0.25) is 0 Å². The lowest BCUT2D eigenvalue weighted by Gasteiger charge is -2.17. The van der Waals surface area contributed by atoms with Gasteiger partial charge >= 0.3 is 0 Å². The first-order valence-corrected chi connectivity index (χ1v) is 9.04. The van der Waals surface area contributed by atoms with Crippen molar-refractivity contribution in [1.29, 1.82) is 0 Å². The maximum Gasteiger partial charge on any atom is 0.225 e. The third kappa shape index (κ3) is 2.94. The molecule has 0 N–H and O–H groups in total. The minimum Gasteiger partial charge on any atom is -0.356 e. The molecule has 26 heavy (non-hydrogen) atoms. The second-order valence-electron chi connectivity index (χ2n) is 6.60. The number of nitrogens with zero attached hydrogens (tertiary/aromatic N) is 6. The van der Waals surface area contributed by atoms with Crippen molar-refractivity contribution in [2.75, 3.05) is 18.0 Å². The minimum absolute atomic E-state index is 0.713. The van der Waals surface area contributed by atoms with Gasteiger partial charge in [0.05, 0.1) is 23.1 Å². The minimum atomic E-state index is 0.713. The number of anilines is 1. The zero-order chi connectivity index (χ0) is 18.1. The largest absolute Gasteiger partial charge is 0.356 e. The van der Waals surface area contributed by atoms with Gasteiger partial charge < -0.3 is 9.42 Å². The van der Waals surface area contributed by atoms with Crippen molar-refractivity contribution in [2.45, 2.75) is 40.0 Å². The molecule has 7 nitrogen and oxygen atoms in total. The van der Waals surface area contributed by atoms with Gasteiger partial charge in [-0.1, -0.05) is 12.1 Å². The van der Waals surface area contributed by atoms with Crippen LogP contribution < -0.4 is 4.90 Å². The van der Waals surface area contributed by atoms with E-state index in [0.717, 1.165) is 59.4 Å². The molecule has 1 fully saturated rings. The van der Waals surface area contributed by atoms with E-state index in [9.17, 15) is 0 Å². The van der Waals surface area contributed by atoms with Crippen LogP contribution in [-0.2, 0) is 6.42 Å². The van der Waals surface area contributed by atoms with E-state index in [4.69, 9.17) is 9.51 Å². The van der Waals surface area contributed by atoms with Crippen molar-refractivity contribution in [2.24, 2.45) is 0 Å². The van der Waals surface area contributed by atoms with Crippen LogP contribution in [0.1, 0.15) is 36.7 Å². The van der Waals surface area contributed by atoms with Crippen molar-refractivity contribution in [3.8, 4) is 22.7 Å². The lowest BCUT2D eigenvalue weighted by atomic mass is 10.0. The average molecular weight is 350 g/mol. The van der Waals surface area contributed by atoms with Crippen molar-refractivity contribution < 1.29 is 4.52 Å². The Labute approximate surface area is 152 Å². The smallest absolute Gasteiger partial charge is 0.225 e. The van der Waals surface area contributed by atoms with Crippen LogP contribution in [0.3, 0.4) is 0 Å². The van der Waals surface area contributed by atoms with Crippen LogP contribution in [0.15, 0.2) is 23.1 Å². The van der Waals surface area contributed by atoms with Crippen LogP contribution in [-0.4, -0.2) is 38.2 Å². The summed E-state index contributed by atoms with van der Waals surface area (Å²) >= 11 is 0. The van der Waals surface area contributed by atoms with Gasteiger partial charge in [0.25, 0.3) is 0 Å². The van der Waals surface area contributed by atoms with Crippen molar-refractivity contribution >= 4 is 5.95 Å². The third-order valence-corrected chi connectivity index (χ3v) is 4.77. The Morgan fingerprint density at radius 2 is 1.85 bits per heavy atom. The molecule has 0 saturated carbocycles. The van der Waals surface area contributed by atoms with Gasteiger partial charge in [-0.25, -0.2) is 9.97 Å². The van der Waals surface area contributed by atoms with Crippen LogP contribution >= 0.6 is 0 Å². The van der Waals surface area contributed by atoms with Gasteiger partial charge in [-0.2, -0.15) is 0 Å². The predicted octanol–water partition coefficient (Wildman–Crippen LogP) is 3.37. The van der Waals surface area contributed by atoms with E-state index >= 15 is 0 Å². The molecule has 0 atom stereocenters. The first-order valence-electron chi connectivity index (χ1n) is 9.04. The van der Waals surface area contributed by atoms with Gasteiger partial charge in [0.15, 0.2) is 5.76 Å². The molecule has 0 unspecified atom stereocenters. The Kier molecular flexibility index (Phi) is 4.36. The molecule has 1 aliphatic heterocycles. The Morgan fingerprint density at radius 3 is 2.54 bits per heavy atom. The molecule has 3 aromatic rings. The van der Waals surface area contributed by atoms with Crippen LogP contribution in [0.5, 0.6) is 0 Å². The third-order valence-electron chi connectivity index (χ3n) is 4.77. The SMILES string of the molecule is CCc1c(C)noc1-c1cnc(N2CCCC2)nc1-c1cnc(C)cn1. The highest BCUT2D eigenvalue weighted by Gasteiger charge is 2.23. The lowest BCUT2D eigenvalue weighted by molar-refractivity contribution is 0.426. The van der Waals surface area contributed by atoms with Crippen LogP contribution in [0.25, 0.3) is 22.7 Å². The van der Waals surface area contributed by atoms with Gasteiger partial charge in [0.1, 0.15) is 11.4 Å². The summed E-state index contributed by atoms with van der Waals surface area (Å²) in [6.45, 7) is 7.94. The summed E-state index contributed by atoms with van der Waals surface area (Å²) in [5.41, 5.74) is 5.10. The van der Waals surface area contributed by atoms with Crippen molar-refractivity contribution in [1.82, 2.24) is 25.1 Å². The van der Waals surface area contributed by atoms with Crippen LogP contribution in [0, 0.1) is 13.8 Å². The molecule has 0 aromatic carbocycles. The normalized spacial score (nSPS) is 14.2. The molecule has 7 heteroatoms. The Hall–Kier alpha value is -2.83. The first kappa shape index (κ1) is 16.6. The Balaban J connectivity index is 1.88. The lowest BCUT2D eigenvalue weighted by Crippen LogP contribution is -2.20.